The van der Waals surface area contributed by atoms with E-state index < -0.39 is 5.54 Å². The Morgan fingerprint density at radius 3 is 2.53 bits per heavy atom. The number of aryl methyl sites for hydroxylation is 1. The molecule has 0 aliphatic rings. The van der Waals surface area contributed by atoms with Crippen LogP contribution in [0.4, 0.5) is 10.1 Å². The summed E-state index contributed by atoms with van der Waals surface area (Å²) in [6.45, 7) is 3.58. The molecule has 2 aromatic carbocycles. The summed E-state index contributed by atoms with van der Waals surface area (Å²) in [5.41, 5.74) is 1.58. The Morgan fingerprint density at radius 2 is 1.89 bits per heavy atom. The van der Waals surface area contributed by atoms with Gasteiger partial charge in [0.2, 0.25) is 0 Å². The van der Waals surface area contributed by atoms with Crippen molar-refractivity contribution in [2.24, 2.45) is 0 Å². The average Bonchev–Trinajstić information content (AvgIpc) is 2.39. The summed E-state index contributed by atoms with van der Waals surface area (Å²) < 4.78 is 13.9. The zero-order valence-electron chi connectivity index (χ0n) is 11.2. The summed E-state index contributed by atoms with van der Waals surface area (Å²) in [5, 5.41) is 12.9. The fraction of sp³-hybridized carbons (Fsp3) is 0.250. The van der Waals surface area contributed by atoms with Crippen molar-refractivity contribution in [2.45, 2.75) is 19.4 Å². The molecule has 2 rings (SSSR count). The van der Waals surface area contributed by atoms with Crippen LogP contribution < -0.4 is 5.32 Å². The average molecular weight is 259 g/mol. The lowest BCUT2D eigenvalue weighted by Crippen LogP contribution is -2.36. The van der Waals surface area contributed by atoms with Gasteiger partial charge in [-0.15, -0.1) is 0 Å². The molecule has 2 N–H and O–H groups in total. The van der Waals surface area contributed by atoms with Gasteiger partial charge in [-0.05, 0) is 37.6 Å². The summed E-state index contributed by atoms with van der Waals surface area (Å²) in [5.74, 6) is -0.320. The zero-order valence-corrected chi connectivity index (χ0v) is 11.2. The van der Waals surface area contributed by atoms with Crippen LogP contribution in [0.3, 0.4) is 0 Å². The highest BCUT2D eigenvalue weighted by molar-refractivity contribution is 5.49. The van der Waals surface area contributed by atoms with Crippen LogP contribution >= 0.6 is 0 Å². The monoisotopic (exact) mass is 259 g/mol. The Kier molecular flexibility index (Phi) is 3.86. The standard InChI is InChI=1S/C16H18FNO/c1-12-6-5-7-13(10-12)18-16(2,11-19)14-8-3-4-9-15(14)17/h3-10,18-19H,11H2,1-2H3. The molecule has 0 saturated carbocycles. The van der Waals surface area contributed by atoms with Crippen LogP contribution in [0.1, 0.15) is 18.1 Å². The minimum atomic E-state index is -0.848. The van der Waals surface area contributed by atoms with Gasteiger partial charge in [0.1, 0.15) is 5.82 Å². The van der Waals surface area contributed by atoms with Gasteiger partial charge in [0, 0.05) is 11.3 Å². The number of aliphatic hydroxyl groups is 1. The van der Waals surface area contributed by atoms with Gasteiger partial charge < -0.3 is 10.4 Å². The second-order valence-corrected chi connectivity index (χ2v) is 4.96. The molecule has 0 heterocycles. The Morgan fingerprint density at radius 1 is 1.16 bits per heavy atom. The van der Waals surface area contributed by atoms with Crippen LogP contribution in [0.25, 0.3) is 0 Å². The van der Waals surface area contributed by atoms with Gasteiger partial charge in [0.15, 0.2) is 0 Å². The largest absolute Gasteiger partial charge is 0.394 e. The maximum absolute atomic E-state index is 13.9. The molecule has 1 atom stereocenters. The molecule has 0 amide bonds. The summed E-state index contributed by atoms with van der Waals surface area (Å²) in [6, 6.07) is 14.3. The van der Waals surface area contributed by atoms with Crippen molar-refractivity contribution >= 4 is 5.69 Å². The number of nitrogens with one attached hydrogen (secondary N) is 1. The Balaban J connectivity index is 2.36. The smallest absolute Gasteiger partial charge is 0.128 e. The molecule has 19 heavy (non-hydrogen) atoms. The van der Waals surface area contributed by atoms with Gasteiger partial charge in [0.25, 0.3) is 0 Å². The minimum absolute atomic E-state index is 0.193. The number of benzene rings is 2. The normalized spacial score (nSPS) is 13.9. The fourth-order valence-corrected chi connectivity index (χ4v) is 2.14. The number of anilines is 1. The molecule has 0 aliphatic heterocycles. The van der Waals surface area contributed by atoms with E-state index in [1.54, 1.807) is 25.1 Å². The first-order valence-electron chi connectivity index (χ1n) is 6.26. The molecule has 1 unspecified atom stereocenters. The molecule has 0 aliphatic carbocycles. The van der Waals surface area contributed by atoms with Crippen LogP contribution in [0, 0.1) is 12.7 Å². The quantitative estimate of drug-likeness (QED) is 0.881. The van der Waals surface area contributed by atoms with Crippen molar-refractivity contribution in [3.8, 4) is 0 Å². The molecule has 0 spiro atoms. The molecule has 0 radical (unpaired) electrons. The van der Waals surface area contributed by atoms with Crippen LogP contribution in [-0.4, -0.2) is 11.7 Å². The van der Waals surface area contributed by atoms with Crippen molar-refractivity contribution in [1.82, 2.24) is 0 Å². The van der Waals surface area contributed by atoms with E-state index in [0.29, 0.717) is 5.56 Å². The van der Waals surface area contributed by atoms with Crippen molar-refractivity contribution < 1.29 is 9.50 Å². The summed E-state index contributed by atoms with van der Waals surface area (Å²) in [4.78, 5) is 0. The number of hydrogen-bond donors (Lipinski definition) is 2. The van der Waals surface area contributed by atoms with Crippen LogP contribution in [0.5, 0.6) is 0 Å². The van der Waals surface area contributed by atoms with Gasteiger partial charge in [-0.1, -0.05) is 30.3 Å². The van der Waals surface area contributed by atoms with Crippen LogP contribution in [-0.2, 0) is 5.54 Å². The second kappa shape index (κ2) is 5.41. The lowest BCUT2D eigenvalue weighted by Gasteiger charge is -2.31. The van der Waals surface area contributed by atoms with E-state index in [4.69, 9.17) is 0 Å². The Bertz CT molecular complexity index is 570. The third-order valence-corrected chi connectivity index (χ3v) is 3.22. The predicted octanol–water partition coefficient (Wildman–Crippen LogP) is 3.45. The van der Waals surface area contributed by atoms with E-state index in [0.717, 1.165) is 11.3 Å². The molecule has 2 nitrogen and oxygen atoms in total. The summed E-state index contributed by atoms with van der Waals surface area (Å²) >= 11 is 0. The van der Waals surface area contributed by atoms with Gasteiger partial charge in [-0.2, -0.15) is 0 Å². The summed E-state index contributed by atoms with van der Waals surface area (Å²) in [7, 11) is 0. The zero-order chi connectivity index (χ0) is 13.9. The number of halogens is 1. The molecular weight excluding hydrogens is 241 g/mol. The van der Waals surface area contributed by atoms with Gasteiger partial charge in [-0.25, -0.2) is 4.39 Å². The van der Waals surface area contributed by atoms with E-state index in [-0.39, 0.29) is 12.4 Å². The highest BCUT2D eigenvalue weighted by Gasteiger charge is 2.28. The van der Waals surface area contributed by atoms with Gasteiger partial charge in [-0.3, -0.25) is 0 Å². The first-order valence-corrected chi connectivity index (χ1v) is 6.26. The van der Waals surface area contributed by atoms with E-state index in [1.165, 1.54) is 6.07 Å². The molecular formula is C16H18FNO. The first kappa shape index (κ1) is 13.6. The van der Waals surface area contributed by atoms with Crippen molar-refractivity contribution in [2.75, 3.05) is 11.9 Å². The Hall–Kier alpha value is -1.87. The Labute approximate surface area is 112 Å². The first-order chi connectivity index (χ1) is 9.05. The molecule has 0 saturated heterocycles. The van der Waals surface area contributed by atoms with Crippen molar-refractivity contribution in [1.29, 1.82) is 0 Å². The third-order valence-electron chi connectivity index (χ3n) is 3.22. The van der Waals surface area contributed by atoms with Crippen molar-refractivity contribution in [3.63, 3.8) is 0 Å². The highest BCUT2D eigenvalue weighted by atomic mass is 19.1. The molecule has 100 valence electrons. The van der Waals surface area contributed by atoms with Gasteiger partial charge in [0.05, 0.1) is 12.1 Å². The topological polar surface area (TPSA) is 32.3 Å². The molecule has 0 bridgehead atoms. The van der Waals surface area contributed by atoms with E-state index in [1.807, 2.05) is 31.2 Å². The molecule has 2 aromatic rings. The SMILES string of the molecule is Cc1cccc(NC(C)(CO)c2ccccc2F)c1. The van der Waals surface area contributed by atoms with Crippen LogP contribution in [0.2, 0.25) is 0 Å². The van der Waals surface area contributed by atoms with Crippen molar-refractivity contribution in [3.05, 3.63) is 65.5 Å². The second-order valence-electron chi connectivity index (χ2n) is 4.96. The lowest BCUT2D eigenvalue weighted by atomic mass is 9.92. The van der Waals surface area contributed by atoms with E-state index in [2.05, 4.69) is 5.32 Å². The lowest BCUT2D eigenvalue weighted by molar-refractivity contribution is 0.220. The number of rotatable bonds is 4. The number of hydrogen-bond acceptors (Lipinski definition) is 2. The van der Waals surface area contributed by atoms with Crippen LogP contribution in [0.15, 0.2) is 48.5 Å². The van der Waals surface area contributed by atoms with Gasteiger partial charge >= 0.3 is 0 Å². The van der Waals surface area contributed by atoms with E-state index in [9.17, 15) is 9.50 Å². The summed E-state index contributed by atoms with van der Waals surface area (Å²) in [6.07, 6.45) is 0. The molecule has 0 fully saturated rings. The number of aliphatic hydroxyl groups excluding tert-OH is 1. The fourth-order valence-electron chi connectivity index (χ4n) is 2.14. The maximum atomic E-state index is 13.9. The predicted molar refractivity (Wildman–Crippen MR) is 75.6 cm³/mol. The minimum Gasteiger partial charge on any atom is -0.394 e. The highest BCUT2D eigenvalue weighted by Crippen LogP contribution is 2.28. The third kappa shape index (κ3) is 2.93. The molecule has 0 aromatic heterocycles. The molecule has 3 heteroatoms. The maximum Gasteiger partial charge on any atom is 0.128 e. The van der Waals surface area contributed by atoms with E-state index >= 15 is 0 Å².